The zero-order valence-corrected chi connectivity index (χ0v) is 14.9. The van der Waals surface area contributed by atoms with Crippen LogP contribution in [-0.4, -0.2) is 39.5 Å². The van der Waals surface area contributed by atoms with Crippen molar-refractivity contribution in [3.8, 4) is 0 Å². The number of H-pyrrole nitrogens is 1. The van der Waals surface area contributed by atoms with Crippen molar-refractivity contribution in [3.63, 3.8) is 0 Å². The van der Waals surface area contributed by atoms with E-state index in [9.17, 15) is 0 Å². The number of hydrogen-bond acceptors (Lipinski definition) is 4. The first-order valence-corrected chi connectivity index (χ1v) is 9.21. The fourth-order valence-corrected chi connectivity index (χ4v) is 4.07. The number of nitrogens with one attached hydrogen (secondary N) is 2. The lowest BCUT2D eigenvalue weighted by Crippen LogP contribution is -2.47. The van der Waals surface area contributed by atoms with Gasteiger partial charge in [0, 0.05) is 55.2 Å². The second-order valence-electron chi connectivity index (χ2n) is 7.19. The van der Waals surface area contributed by atoms with Gasteiger partial charge in [-0.1, -0.05) is 24.3 Å². The van der Waals surface area contributed by atoms with Crippen molar-refractivity contribution in [2.45, 2.75) is 19.5 Å². The van der Waals surface area contributed by atoms with E-state index in [0.717, 1.165) is 31.9 Å². The normalized spacial score (nSPS) is 20.4. The van der Waals surface area contributed by atoms with Crippen LogP contribution in [0.25, 0.3) is 10.9 Å². The summed E-state index contributed by atoms with van der Waals surface area (Å²) in [7, 11) is 0. The Hall–Kier alpha value is -2.63. The van der Waals surface area contributed by atoms with Gasteiger partial charge in [0.25, 0.3) is 0 Å². The number of nitrogens with zero attached hydrogens (tertiary/aromatic N) is 3. The molecule has 1 saturated heterocycles. The zero-order chi connectivity index (χ0) is 17.5. The maximum absolute atomic E-state index is 4.58. The van der Waals surface area contributed by atoms with Crippen LogP contribution in [0.2, 0.25) is 0 Å². The molecule has 1 unspecified atom stereocenters. The van der Waals surface area contributed by atoms with Crippen LogP contribution in [-0.2, 0) is 6.54 Å². The Morgan fingerprint density at radius 2 is 2.08 bits per heavy atom. The molecule has 5 heteroatoms. The average Bonchev–Trinajstić information content (AvgIpc) is 3.26. The third kappa shape index (κ3) is 2.69. The number of aromatic amines is 1. The molecule has 2 aromatic heterocycles. The smallest absolute Gasteiger partial charge is 0.0887 e. The summed E-state index contributed by atoms with van der Waals surface area (Å²) in [5.41, 5.74) is 9.90. The van der Waals surface area contributed by atoms with Gasteiger partial charge in [0.1, 0.15) is 0 Å². The molecule has 2 N–H and O–H groups in total. The number of hydrazine groups is 1. The molecular weight excluding hydrogens is 322 g/mol. The Balaban J connectivity index is 1.34. The van der Waals surface area contributed by atoms with E-state index in [2.05, 4.69) is 74.8 Å². The second kappa shape index (κ2) is 6.27. The van der Waals surface area contributed by atoms with Crippen molar-refractivity contribution in [1.82, 2.24) is 25.3 Å². The van der Waals surface area contributed by atoms with Gasteiger partial charge in [-0.2, -0.15) is 0 Å². The summed E-state index contributed by atoms with van der Waals surface area (Å²) in [4.78, 5) is 10.5. The summed E-state index contributed by atoms with van der Waals surface area (Å²) in [6.07, 6.45) is 6.36. The van der Waals surface area contributed by atoms with E-state index in [1.807, 2.05) is 12.3 Å². The number of hydrogen-bond donors (Lipinski definition) is 2. The molecule has 0 amide bonds. The number of aryl methyl sites for hydroxylation is 1. The molecule has 5 rings (SSSR count). The lowest BCUT2D eigenvalue weighted by atomic mass is 10.1. The predicted molar refractivity (Wildman–Crippen MR) is 103 cm³/mol. The van der Waals surface area contributed by atoms with Crippen LogP contribution in [0.1, 0.15) is 22.9 Å². The lowest BCUT2D eigenvalue weighted by molar-refractivity contribution is 0.139. The Labute approximate surface area is 153 Å². The minimum absolute atomic E-state index is 0.180. The van der Waals surface area contributed by atoms with Crippen molar-refractivity contribution < 1.29 is 0 Å². The minimum Gasteiger partial charge on any atom is -0.361 e. The van der Waals surface area contributed by atoms with Crippen molar-refractivity contribution in [2.24, 2.45) is 0 Å². The number of pyridine rings is 1. The maximum atomic E-state index is 4.58. The highest BCUT2D eigenvalue weighted by Crippen LogP contribution is 2.28. The Kier molecular flexibility index (Phi) is 3.76. The summed E-state index contributed by atoms with van der Waals surface area (Å²) in [5, 5.41) is 3.63. The predicted octanol–water partition coefficient (Wildman–Crippen LogP) is 3.13. The number of fused-ring (bicyclic) bond motifs is 2. The SMILES string of the molecule is Cc1cccnc1C1C=C2CN(Cc3c[nH]c4ccccc34)CCN2N1. The molecule has 3 aromatic rings. The molecule has 4 heterocycles. The van der Waals surface area contributed by atoms with E-state index in [0.29, 0.717) is 0 Å². The molecule has 1 atom stereocenters. The first kappa shape index (κ1) is 15.6. The summed E-state index contributed by atoms with van der Waals surface area (Å²) in [5.74, 6) is 0. The highest BCUT2D eigenvalue weighted by atomic mass is 15.6. The quantitative estimate of drug-likeness (QED) is 0.766. The van der Waals surface area contributed by atoms with E-state index in [1.165, 1.54) is 27.7 Å². The standard InChI is InChI=1S/C21H23N5/c1-15-5-4-8-22-21(15)20-11-17-14-25(9-10-26(17)24-20)13-16-12-23-19-7-3-2-6-18(16)19/h2-8,11-12,20,23-24H,9-10,13-14H2,1H3. The largest absolute Gasteiger partial charge is 0.361 e. The van der Waals surface area contributed by atoms with E-state index >= 15 is 0 Å². The molecule has 2 aliphatic rings. The molecule has 0 saturated carbocycles. The topological polar surface area (TPSA) is 47.2 Å². The molecule has 1 aromatic carbocycles. The van der Waals surface area contributed by atoms with Gasteiger partial charge in [0.2, 0.25) is 0 Å². The summed E-state index contributed by atoms with van der Waals surface area (Å²) >= 11 is 0. The van der Waals surface area contributed by atoms with Gasteiger partial charge in [-0.3, -0.25) is 9.88 Å². The third-order valence-electron chi connectivity index (χ3n) is 5.44. The van der Waals surface area contributed by atoms with Crippen LogP contribution in [0.4, 0.5) is 0 Å². The number of piperazine rings is 1. The second-order valence-corrected chi connectivity index (χ2v) is 7.19. The van der Waals surface area contributed by atoms with Crippen LogP contribution in [0.5, 0.6) is 0 Å². The third-order valence-corrected chi connectivity index (χ3v) is 5.44. The average molecular weight is 345 g/mol. The Morgan fingerprint density at radius 3 is 3.00 bits per heavy atom. The van der Waals surface area contributed by atoms with E-state index in [4.69, 9.17) is 0 Å². The molecule has 0 aliphatic carbocycles. The van der Waals surface area contributed by atoms with Crippen LogP contribution in [0, 0.1) is 6.92 Å². The number of rotatable bonds is 3. The first-order valence-electron chi connectivity index (χ1n) is 9.21. The molecule has 2 aliphatic heterocycles. The molecule has 0 bridgehead atoms. The van der Waals surface area contributed by atoms with E-state index in [-0.39, 0.29) is 6.04 Å². The number of para-hydroxylation sites is 1. The van der Waals surface area contributed by atoms with Crippen LogP contribution in [0.15, 0.2) is 60.6 Å². The van der Waals surface area contributed by atoms with Gasteiger partial charge in [-0.05, 0) is 36.3 Å². The summed E-state index contributed by atoms with van der Waals surface area (Å²) in [6, 6.07) is 12.8. The van der Waals surface area contributed by atoms with Crippen molar-refractivity contribution in [1.29, 1.82) is 0 Å². The van der Waals surface area contributed by atoms with Gasteiger partial charge >= 0.3 is 0 Å². The van der Waals surface area contributed by atoms with Crippen LogP contribution < -0.4 is 5.43 Å². The van der Waals surface area contributed by atoms with E-state index in [1.54, 1.807) is 0 Å². The molecule has 0 spiro atoms. The highest BCUT2D eigenvalue weighted by molar-refractivity contribution is 5.82. The fourth-order valence-electron chi connectivity index (χ4n) is 4.07. The van der Waals surface area contributed by atoms with Crippen LogP contribution in [0.3, 0.4) is 0 Å². The molecule has 5 nitrogen and oxygen atoms in total. The van der Waals surface area contributed by atoms with Gasteiger partial charge < -0.3 is 9.99 Å². The monoisotopic (exact) mass is 345 g/mol. The summed E-state index contributed by atoms with van der Waals surface area (Å²) < 4.78 is 0. The maximum Gasteiger partial charge on any atom is 0.0887 e. The van der Waals surface area contributed by atoms with E-state index < -0.39 is 0 Å². The van der Waals surface area contributed by atoms with Gasteiger partial charge in [0.05, 0.1) is 11.7 Å². The minimum atomic E-state index is 0.180. The molecule has 0 radical (unpaired) electrons. The number of benzene rings is 1. The van der Waals surface area contributed by atoms with Crippen molar-refractivity contribution >= 4 is 10.9 Å². The molecular formula is C21H23N5. The van der Waals surface area contributed by atoms with Crippen LogP contribution >= 0.6 is 0 Å². The Morgan fingerprint density at radius 1 is 1.15 bits per heavy atom. The highest BCUT2D eigenvalue weighted by Gasteiger charge is 2.30. The Bertz CT molecular complexity index is 973. The molecule has 1 fully saturated rings. The van der Waals surface area contributed by atoms with Crippen molar-refractivity contribution in [3.05, 3.63) is 77.4 Å². The molecule has 26 heavy (non-hydrogen) atoms. The first-order chi connectivity index (χ1) is 12.8. The fraction of sp³-hybridized carbons (Fsp3) is 0.286. The lowest BCUT2D eigenvalue weighted by Gasteiger charge is -2.35. The summed E-state index contributed by atoms with van der Waals surface area (Å²) in [6.45, 7) is 6.12. The molecule has 132 valence electrons. The van der Waals surface area contributed by atoms with Gasteiger partial charge in [0.15, 0.2) is 0 Å². The van der Waals surface area contributed by atoms with Gasteiger partial charge in [-0.15, -0.1) is 0 Å². The van der Waals surface area contributed by atoms with Crippen molar-refractivity contribution in [2.75, 3.05) is 19.6 Å². The number of aromatic nitrogens is 2. The van der Waals surface area contributed by atoms with Gasteiger partial charge in [-0.25, -0.2) is 5.43 Å². The zero-order valence-electron chi connectivity index (χ0n) is 14.9.